The highest BCUT2D eigenvalue weighted by molar-refractivity contribution is 7.46. The Morgan fingerprint density at radius 3 is 2.71 bits per heavy atom. The van der Waals surface area contributed by atoms with Gasteiger partial charge in [0.2, 0.25) is 5.36 Å². The van der Waals surface area contributed by atoms with Crippen molar-refractivity contribution >= 4 is 41.6 Å². The second-order valence-electron chi connectivity index (χ2n) is 7.88. The number of aryl methyl sites for hydroxylation is 1. The van der Waals surface area contributed by atoms with Crippen LogP contribution in [0.2, 0.25) is 0 Å². The van der Waals surface area contributed by atoms with Crippen LogP contribution in [0.4, 0.5) is 5.69 Å². The Labute approximate surface area is 198 Å². The minimum atomic E-state index is -4.70. The maximum atomic E-state index is 11.1. The molecule has 0 saturated heterocycles. The number of pyridine rings is 1. The third-order valence-corrected chi connectivity index (χ3v) is 5.96. The van der Waals surface area contributed by atoms with Crippen molar-refractivity contribution in [1.29, 1.82) is 0 Å². The van der Waals surface area contributed by atoms with Crippen LogP contribution in [-0.4, -0.2) is 31.1 Å². The third kappa shape index (κ3) is 4.55. The van der Waals surface area contributed by atoms with Gasteiger partial charge in [-0.15, -0.1) is 0 Å². The zero-order valence-electron chi connectivity index (χ0n) is 18.4. The third-order valence-electron chi connectivity index (χ3n) is 5.50. The van der Waals surface area contributed by atoms with E-state index in [1.54, 1.807) is 31.2 Å². The van der Waals surface area contributed by atoms with E-state index in [0.717, 1.165) is 10.8 Å². The number of hydrogen-bond donors (Lipinski definition) is 4. The molecule has 0 atom stereocenters. The van der Waals surface area contributed by atoms with E-state index in [9.17, 15) is 9.67 Å². The molecule has 0 radical (unpaired) electrons. The lowest BCUT2D eigenvalue weighted by atomic mass is 10.0. The standard InChI is InChI=1S/C24H19N4O6P/c1-13-24(29)18(14(10-26-13)12-33-35(30,31)32)11-27-15-6-7-20-21(8-15)34-22-9-19(25)16-4-2-3-5-17(16)23(22)28-20/h2-11,25,29H,12H2,1H3,(H2,30,31,32)/p+1. The molecule has 0 amide bonds. The number of aromatic hydroxyl groups is 1. The molecule has 1 aliphatic carbocycles. The number of phosphoric acid groups is 1. The van der Waals surface area contributed by atoms with Crippen molar-refractivity contribution < 1.29 is 33.8 Å². The molecular weight excluding hydrogens is 471 g/mol. The number of nitrogens with zero attached hydrogens (tertiary/aromatic N) is 3. The van der Waals surface area contributed by atoms with E-state index in [-0.39, 0.29) is 16.9 Å². The summed E-state index contributed by atoms with van der Waals surface area (Å²) in [5.74, 6) is 0.371. The van der Waals surface area contributed by atoms with Gasteiger partial charge >= 0.3 is 7.82 Å². The van der Waals surface area contributed by atoms with Crippen molar-refractivity contribution in [2.45, 2.75) is 13.5 Å². The summed E-state index contributed by atoms with van der Waals surface area (Å²) in [5.41, 5.74) is 3.16. The number of fused-ring (bicyclic) bond motifs is 4. The van der Waals surface area contributed by atoms with Crippen LogP contribution in [0.1, 0.15) is 16.8 Å². The second-order valence-corrected chi connectivity index (χ2v) is 9.12. The Morgan fingerprint density at radius 2 is 1.94 bits per heavy atom. The van der Waals surface area contributed by atoms with Crippen molar-refractivity contribution in [3.05, 3.63) is 76.9 Å². The molecule has 1 aromatic heterocycles. The highest BCUT2D eigenvalue weighted by Gasteiger charge is 2.18. The zero-order chi connectivity index (χ0) is 24.7. The highest BCUT2D eigenvalue weighted by Crippen LogP contribution is 2.38. The van der Waals surface area contributed by atoms with Gasteiger partial charge in [0.05, 0.1) is 29.4 Å². The van der Waals surface area contributed by atoms with Crippen molar-refractivity contribution in [3.8, 4) is 17.2 Å². The number of nitrogens with two attached hydrogens (primary N) is 1. The molecule has 5 rings (SSSR count). The first-order valence-electron chi connectivity index (χ1n) is 10.5. The molecule has 35 heavy (non-hydrogen) atoms. The molecule has 0 spiro atoms. The predicted molar refractivity (Wildman–Crippen MR) is 128 cm³/mol. The molecule has 0 saturated carbocycles. The fraction of sp³-hybridized carbons (Fsp3) is 0.0833. The minimum absolute atomic E-state index is 0.166. The molecule has 2 heterocycles. The smallest absolute Gasteiger partial charge is 0.469 e. The lowest BCUT2D eigenvalue weighted by Gasteiger charge is -2.11. The van der Waals surface area contributed by atoms with Crippen LogP contribution < -0.4 is 10.8 Å². The largest absolute Gasteiger partial charge is 0.505 e. The van der Waals surface area contributed by atoms with Crippen LogP contribution >= 0.6 is 7.82 Å². The lowest BCUT2D eigenvalue weighted by molar-refractivity contribution is -0.170. The summed E-state index contributed by atoms with van der Waals surface area (Å²) in [6, 6.07) is 14.7. The van der Waals surface area contributed by atoms with Gasteiger partial charge in [0, 0.05) is 35.0 Å². The lowest BCUT2D eigenvalue weighted by Crippen LogP contribution is -2.45. The van der Waals surface area contributed by atoms with E-state index >= 15 is 0 Å². The van der Waals surface area contributed by atoms with Crippen LogP contribution in [-0.2, 0) is 15.7 Å². The highest BCUT2D eigenvalue weighted by atomic mass is 31.2. The molecule has 5 N–H and O–H groups in total. The maximum absolute atomic E-state index is 11.1. The van der Waals surface area contributed by atoms with Gasteiger partial charge in [0.1, 0.15) is 17.0 Å². The molecule has 2 aromatic carbocycles. The maximum Gasteiger partial charge on any atom is 0.469 e. The number of aromatic nitrogens is 2. The minimum Gasteiger partial charge on any atom is -0.505 e. The molecular formula is C24H20N4O6P+. The SMILES string of the molecule is Cc1ncc(COP(=O)(O)O)c(C=Nc2ccc3nc4c5ccccc5c(=[NH2+])cc-4oc3c2)c1O. The average Bonchev–Trinajstić information content (AvgIpc) is 2.82. The summed E-state index contributed by atoms with van der Waals surface area (Å²) < 4.78 is 21.7. The molecule has 0 unspecified atom stereocenters. The van der Waals surface area contributed by atoms with Gasteiger partial charge in [-0.2, -0.15) is 0 Å². The second kappa shape index (κ2) is 8.68. The molecule has 2 aliphatic rings. The number of rotatable bonds is 5. The van der Waals surface area contributed by atoms with Crippen molar-refractivity contribution in [1.82, 2.24) is 9.97 Å². The molecule has 0 fully saturated rings. The quantitative estimate of drug-likeness (QED) is 0.126. The summed E-state index contributed by atoms with van der Waals surface area (Å²) >= 11 is 0. The molecule has 10 nitrogen and oxygen atoms in total. The Kier molecular flexibility index (Phi) is 5.66. The van der Waals surface area contributed by atoms with Gasteiger partial charge < -0.3 is 19.3 Å². The first-order chi connectivity index (χ1) is 16.7. The summed E-state index contributed by atoms with van der Waals surface area (Å²) in [7, 11) is -4.70. The first kappa shape index (κ1) is 22.8. The number of aliphatic imine (C=N–C) groups is 1. The Balaban J connectivity index is 1.56. The summed E-state index contributed by atoms with van der Waals surface area (Å²) in [4.78, 5) is 31.2. The predicted octanol–water partition coefficient (Wildman–Crippen LogP) is 2.51. The average molecular weight is 491 g/mol. The van der Waals surface area contributed by atoms with Crippen LogP contribution in [0.3, 0.4) is 0 Å². The van der Waals surface area contributed by atoms with Crippen molar-refractivity contribution in [2.75, 3.05) is 0 Å². The number of phosphoric ester groups is 1. The topological polar surface area (TPSA) is 164 Å². The van der Waals surface area contributed by atoms with E-state index in [2.05, 4.69) is 14.5 Å². The summed E-state index contributed by atoms with van der Waals surface area (Å²) in [6.45, 7) is 1.15. The summed E-state index contributed by atoms with van der Waals surface area (Å²) in [6.07, 6.45) is 2.75. The van der Waals surface area contributed by atoms with Gasteiger partial charge in [-0.25, -0.2) is 9.55 Å². The summed E-state index contributed by atoms with van der Waals surface area (Å²) in [5, 5.41) is 19.0. The van der Waals surface area contributed by atoms with Crippen molar-refractivity contribution in [2.24, 2.45) is 4.99 Å². The normalized spacial score (nSPS) is 12.3. The molecule has 3 aromatic rings. The van der Waals surface area contributed by atoms with Crippen LogP contribution in [0, 0.1) is 6.92 Å². The molecule has 1 aliphatic heterocycles. The monoisotopic (exact) mass is 491 g/mol. The molecule has 0 bridgehead atoms. The van der Waals surface area contributed by atoms with Crippen molar-refractivity contribution in [3.63, 3.8) is 0 Å². The first-order valence-corrected chi connectivity index (χ1v) is 12.0. The molecule has 176 valence electrons. The van der Waals surface area contributed by atoms with Gasteiger partial charge in [-0.3, -0.25) is 19.9 Å². The number of benzene rings is 3. The fourth-order valence-corrected chi connectivity index (χ4v) is 4.06. The van der Waals surface area contributed by atoms with Crippen LogP contribution in [0.25, 0.3) is 33.3 Å². The van der Waals surface area contributed by atoms with E-state index < -0.39 is 14.4 Å². The Bertz CT molecular complexity index is 1710. The zero-order valence-corrected chi connectivity index (χ0v) is 19.3. The van der Waals surface area contributed by atoms with E-state index in [1.807, 2.05) is 24.3 Å². The van der Waals surface area contributed by atoms with Gasteiger partial charge in [-0.05, 0) is 25.1 Å². The van der Waals surface area contributed by atoms with Gasteiger partial charge in [-0.1, -0.05) is 18.2 Å². The van der Waals surface area contributed by atoms with Crippen LogP contribution in [0.15, 0.2) is 64.1 Å². The number of hydrogen-bond acceptors (Lipinski definition) is 7. The Morgan fingerprint density at radius 1 is 1.17 bits per heavy atom. The van der Waals surface area contributed by atoms with Gasteiger partial charge in [0.25, 0.3) is 0 Å². The van der Waals surface area contributed by atoms with E-state index in [0.29, 0.717) is 39.3 Å². The van der Waals surface area contributed by atoms with E-state index in [4.69, 9.17) is 24.6 Å². The fourth-order valence-electron chi connectivity index (χ4n) is 3.75. The molecule has 11 heteroatoms. The Hall–Kier alpha value is -3.95. The van der Waals surface area contributed by atoms with E-state index in [1.165, 1.54) is 12.4 Å². The van der Waals surface area contributed by atoms with Crippen LogP contribution in [0.5, 0.6) is 5.75 Å². The van der Waals surface area contributed by atoms with Gasteiger partial charge in [0.15, 0.2) is 11.3 Å².